The third kappa shape index (κ3) is 6.09. The van der Waals surface area contributed by atoms with E-state index >= 15 is 0 Å². The molecule has 1 aliphatic rings. The van der Waals surface area contributed by atoms with Crippen LogP contribution in [0.5, 0.6) is 5.75 Å². The predicted octanol–water partition coefficient (Wildman–Crippen LogP) is 3.93. The molecule has 1 fully saturated rings. The van der Waals surface area contributed by atoms with Crippen molar-refractivity contribution in [1.82, 2.24) is 10.2 Å². The number of nitrogens with zero attached hydrogens (tertiary/aromatic N) is 1. The summed E-state index contributed by atoms with van der Waals surface area (Å²) in [5.41, 5.74) is 0.307. The van der Waals surface area contributed by atoms with Gasteiger partial charge < -0.3 is 10.1 Å². The number of alkyl halides is 2. The maximum atomic E-state index is 12.4. The Hall–Kier alpha value is -1.95. The second-order valence-corrected chi connectivity index (χ2v) is 7.47. The lowest BCUT2D eigenvalue weighted by Crippen LogP contribution is -2.54. The van der Waals surface area contributed by atoms with E-state index in [-0.39, 0.29) is 17.2 Å². The molecule has 1 aromatic rings. The standard InChI is InChI=1S/C20H28F2N2O2/c1-15-7-6-12-24(13-15)20(2,3)14-23-18(25)11-10-16-8-4-5-9-17(16)26-19(21)22/h4-5,8-11,15,19H,6-7,12-14H2,1-3H3,(H,23,25)/b11-10+. The molecule has 4 nitrogen and oxygen atoms in total. The van der Waals surface area contributed by atoms with E-state index in [2.05, 4.69) is 35.7 Å². The van der Waals surface area contributed by atoms with Crippen molar-refractivity contribution in [3.05, 3.63) is 35.9 Å². The van der Waals surface area contributed by atoms with Crippen molar-refractivity contribution in [3.63, 3.8) is 0 Å². The van der Waals surface area contributed by atoms with Gasteiger partial charge in [-0.2, -0.15) is 8.78 Å². The zero-order valence-corrected chi connectivity index (χ0v) is 15.7. The predicted molar refractivity (Wildman–Crippen MR) is 99.2 cm³/mol. The van der Waals surface area contributed by atoms with Crippen molar-refractivity contribution < 1.29 is 18.3 Å². The number of carbonyl (C=O) groups is 1. The van der Waals surface area contributed by atoms with Crippen LogP contribution in [-0.4, -0.2) is 42.6 Å². The molecular formula is C20H28F2N2O2. The van der Waals surface area contributed by atoms with Crippen molar-refractivity contribution in [2.75, 3.05) is 19.6 Å². The smallest absolute Gasteiger partial charge is 0.387 e. The molecule has 1 atom stereocenters. The first-order valence-electron chi connectivity index (χ1n) is 9.03. The van der Waals surface area contributed by atoms with E-state index in [0.717, 1.165) is 13.1 Å². The lowest BCUT2D eigenvalue weighted by molar-refractivity contribution is -0.117. The molecule has 26 heavy (non-hydrogen) atoms. The molecule has 1 unspecified atom stereocenters. The Labute approximate surface area is 154 Å². The minimum absolute atomic E-state index is 0.0502. The summed E-state index contributed by atoms with van der Waals surface area (Å²) in [6.07, 6.45) is 5.27. The number of benzene rings is 1. The highest BCUT2D eigenvalue weighted by atomic mass is 19.3. The van der Waals surface area contributed by atoms with Crippen LogP contribution in [-0.2, 0) is 4.79 Å². The second kappa shape index (κ2) is 9.12. The van der Waals surface area contributed by atoms with Gasteiger partial charge in [0.1, 0.15) is 5.75 Å². The van der Waals surface area contributed by atoms with Crippen LogP contribution < -0.4 is 10.1 Å². The summed E-state index contributed by atoms with van der Waals surface area (Å²) < 4.78 is 29.3. The molecule has 1 aromatic carbocycles. The van der Waals surface area contributed by atoms with Crippen molar-refractivity contribution >= 4 is 12.0 Å². The Balaban J connectivity index is 1.91. The van der Waals surface area contributed by atoms with Crippen LogP contribution >= 0.6 is 0 Å². The molecule has 144 valence electrons. The third-order valence-corrected chi connectivity index (χ3v) is 4.76. The van der Waals surface area contributed by atoms with Crippen LogP contribution in [0.3, 0.4) is 0 Å². The minimum atomic E-state index is -2.90. The van der Waals surface area contributed by atoms with Crippen LogP contribution in [0.25, 0.3) is 6.08 Å². The number of ether oxygens (including phenoxy) is 1. The number of carbonyl (C=O) groups excluding carboxylic acids is 1. The number of piperidine rings is 1. The lowest BCUT2D eigenvalue weighted by Gasteiger charge is -2.43. The number of amides is 1. The third-order valence-electron chi connectivity index (χ3n) is 4.76. The van der Waals surface area contributed by atoms with Gasteiger partial charge in [-0.25, -0.2) is 0 Å². The number of rotatable bonds is 7. The summed E-state index contributed by atoms with van der Waals surface area (Å²) in [4.78, 5) is 14.6. The highest BCUT2D eigenvalue weighted by Crippen LogP contribution is 2.24. The fourth-order valence-electron chi connectivity index (χ4n) is 3.20. The number of hydrogen-bond donors (Lipinski definition) is 1. The monoisotopic (exact) mass is 366 g/mol. The van der Waals surface area contributed by atoms with E-state index in [1.54, 1.807) is 18.2 Å². The number of para-hydroxylation sites is 1. The summed E-state index contributed by atoms with van der Waals surface area (Å²) >= 11 is 0. The quantitative estimate of drug-likeness (QED) is 0.744. The van der Waals surface area contributed by atoms with Gasteiger partial charge in [-0.1, -0.05) is 25.1 Å². The van der Waals surface area contributed by atoms with Gasteiger partial charge in [-0.15, -0.1) is 0 Å². The summed E-state index contributed by atoms with van der Waals surface area (Å²) in [5.74, 6) is 0.467. The second-order valence-electron chi connectivity index (χ2n) is 7.47. The van der Waals surface area contributed by atoms with Crippen molar-refractivity contribution in [2.24, 2.45) is 5.92 Å². The van der Waals surface area contributed by atoms with Crippen LogP contribution in [0.4, 0.5) is 8.78 Å². The number of likely N-dealkylation sites (tertiary alicyclic amines) is 1. The van der Waals surface area contributed by atoms with Gasteiger partial charge in [0.2, 0.25) is 5.91 Å². The van der Waals surface area contributed by atoms with E-state index in [4.69, 9.17) is 0 Å². The number of hydrogen-bond acceptors (Lipinski definition) is 3. The normalized spacial score (nSPS) is 19.1. The van der Waals surface area contributed by atoms with Crippen LogP contribution in [0, 0.1) is 5.92 Å². The van der Waals surface area contributed by atoms with Crippen LogP contribution in [0.15, 0.2) is 30.3 Å². The molecule has 1 amide bonds. The highest BCUT2D eigenvalue weighted by Gasteiger charge is 2.30. The SMILES string of the molecule is CC1CCCN(C(C)(C)CNC(=O)/C=C/c2ccccc2OC(F)F)C1. The van der Waals surface area contributed by atoms with E-state index in [1.807, 2.05) is 0 Å². The van der Waals surface area contributed by atoms with Gasteiger partial charge in [0.25, 0.3) is 0 Å². The molecule has 1 saturated heterocycles. The molecule has 1 aliphatic heterocycles. The Kier molecular flexibility index (Phi) is 7.14. The largest absolute Gasteiger partial charge is 0.434 e. The van der Waals surface area contributed by atoms with Crippen LogP contribution in [0.1, 0.15) is 39.2 Å². The molecular weight excluding hydrogens is 338 g/mol. The topological polar surface area (TPSA) is 41.6 Å². The molecule has 0 radical (unpaired) electrons. The Morgan fingerprint density at radius 2 is 2.15 bits per heavy atom. The summed E-state index contributed by atoms with van der Waals surface area (Å²) in [7, 11) is 0. The lowest BCUT2D eigenvalue weighted by atomic mass is 9.93. The molecule has 0 bridgehead atoms. The number of halogens is 2. The highest BCUT2D eigenvalue weighted by molar-refractivity contribution is 5.92. The molecule has 1 heterocycles. The average Bonchev–Trinajstić information content (AvgIpc) is 2.59. The Morgan fingerprint density at radius 1 is 1.42 bits per heavy atom. The van der Waals surface area contributed by atoms with Gasteiger partial charge in [0.05, 0.1) is 0 Å². The number of nitrogens with one attached hydrogen (secondary N) is 1. The first-order valence-corrected chi connectivity index (χ1v) is 9.03. The maximum absolute atomic E-state index is 12.4. The fourth-order valence-corrected chi connectivity index (χ4v) is 3.20. The summed E-state index contributed by atoms with van der Waals surface area (Å²) in [6, 6.07) is 6.39. The van der Waals surface area contributed by atoms with E-state index in [9.17, 15) is 13.6 Å². The molecule has 0 spiro atoms. The maximum Gasteiger partial charge on any atom is 0.387 e. The van der Waals surface area contributed by atoms with Crippen molar-refractivity contribution in [1.29, 1.82) is 0 Å². The molecule has 2 rings (SSSR count). The Morgan fingerprint density at radius 3 is 2.85 bits per heavy atom. The van der Waals surface area contributed by atoms with Gasteiger partial charge in [-0.05, 0) is 51.3 Å². The zero-order chi connectivity index (χ0) is 19.2. The molecule has 0 aliphatic carbocycles. The first kappa shape index (κ1) is 20.4. The Bertz CT molecular complexity index is 632. The van der Waals surface area contributed by atoms with E-state index in [0.29, 0.717) is 18.0 Å². The van der Waals surface area contributed by atoms with Gasteiger partial charge >= 0.3 is 6.61 Å². The van der Waals surface area contributed by atoms with Gasteiger partial charge in [0, 0.05) is 30.3 Å². The van der Waals surface area contributed by atoms with Crippen molar-refractivity contribution in [2.45, 2.75) is 45.8 Å². The zero-order valence-electron chi connectivity index (χ0n) is 15.7. The molecule has 1 N–H and O–H groups in total. The first-order chi connectivity index (χ1) is 12.3. The van der Waals surface area contributed by atoms with Gasteiger partial charge in [-0.3, -0.25) is 9.69 Å². The minimum Gasteiger partial charge on any atom is -0.434 e. The molecule has 6 heteroatoms. The average molecular weight is 366 g/mol. The van der Waals surface area contributed by atoms with E-state index in [1.165, 1.54) is 31.1 Å². The molecule has 0 aromatic heterocycles. The fraction of sp³-hybridized carbons (Fsp3) is 0.550. The molecule has 0 saturated carbocycles. The van der Waals surface area contributed by atoms with E-state index < -0.39 is 6.61 Å². The van der Waals surface area contributed by atoms with Crippen LogP contribution in [0.2, 0.25) is 0 Å². The van der Waals surface area contributed by atoms with Crippen molar-refractivity contribution in [3.8, 4) is 5.75 Å². The summed E-state index contributed by atoms with van der Waals surface area (Å²) in [5, 5.41) is 2.91. The van der Waals surface area contributed by atoms with Gasteiger partial charge in [0.15, 0.2) is 0 Å². The summed E-state index contributed by atoms with van der Waals surface area (Å²) in [6.45, 7) is 6.21.